The number of rotatable bonds is 10. The SMILES string of the molecule is CCOc1ccc2c(c1)CCN(C(=O)[C@H]1C[C@H](CC(=O)O)C1)[C@H]2C(=O)Nc1cc(F)c(C(C)(C)COC)c(F)c1. The average Bonchev–Trinajstić information content (AvgIpc) is 2.84. The summed E-state index contributed by atoms with van der Waals surface area (Å²) in [5.41, 5.74) is 0.322. The number of carboxylic acid groups (broad SMARTS) is 1. The van der Waals surface area contributed by atoms with Crippen molar-refractivity contribution in [3.8, 4) is 5.75 Å². The molecule has 8 nitrogen and oxygen atoms in total. The highest BCUT2D eigenvalue weighted by Crippen LogP contribution is 2.41. The second-order valence-corrected chi connectivity index (χ2v) is 11.2. The molecule has 40 heavy (non-hydrogen) atoms. The molecule has 1 fully saturated rings. The largest absolute Gasteiger partial charge is 0.494 e. The van der Waals surface area contributed by atoms with Crippen molar-refractivity contribution < 1.29 is 37.7 Å². The first-order chi connectivity index (χ1) is 18.9. The summed E-state index contributed by atoms with van der Waals surface area (Å²) in [5, 5.41) is 11.7. The summed E-state index contributed by atoms with van der Waals surface area (Å²) in [4.78, 5) is 39.8. The van der Waals surface area contributed by atoms with Crippen molar-refractivity contribution in [1.29, 1.82) is 0 Å². The summed E-state index contributed by atoms with van der Waals surface area (Å²) in [7, 11) is 1.45. The average molecular weight is 559 g/mol. The second kappa shape index (κ2) is 11.9. The van der Waals surface area contributed by atoms with E-state index in [2.05, 4.69) is 5.32 Å². The maximum atomic E-state index is 15.1. The van der Waals surface area contributed by atoms with Gasteiger partial charge in [0.05, 0.1) is 13.2 Å². The van der Waals surface area contributed by atoms with Gasteiger partial charge in [-0.05, 0) is 67.5 Å². The third-order valence-corrected chi connectivity index (χ3v) is 7.73. The molecule has 2 N–H and O–H groups in total. The van der Waals surface area contributed by atoms with Gasteiger partial charge in [0.25, 0.3) is 5.91 Å². The highest BCUT2D eigenvalue weighted by atomic mass is 19.1. The number of hydrogen-bond donors (Lipinski definition) is 2. The molecule has 0 spiro atoms. The lowest BCUT2D eigenvalue weighted by Crippen LogP contribution is -2.50. The Morgan fingerprint density at radius 3 is 2.40 bits per heavy atom. The third-order valence-electron chi connectivity index (χ3n) is 7.73. The number of nitrogens with one attached hydrogen (secondary N) is 1. The number of halogens is 2. The van der Waals surface area contributed by atoms with Gasteiger partial charge < -0.3 is 24.8 Å². The van der Waals surface area contributed by atoms with E-state index in [1.54, 1.807) is 26.0 Å². The first-order valence-electron chi connectivity index (χ1n) is 13.5. The number of ether oxygens (including phenoxy) is 2. The molecule has 0 radical (unpaired) electrons. The Balaban J connectivity index is 1.62. The zero-order chi connectivity index (χ0) is 29.2. The smallest absolute Gasteiger partial charge is 0.303 e. The van der Waals surface area contributed by atoms with E-state index in [0.717, 1.165) is 17.7 Å². The quantitative estimate of drug-likeness (QED) is 0.432. The van der Waals surface area contributed by atoms with E-state index in [4.69, 9.17) is 14.6 Å². The van der Waals surface area contributed by atoms with Crippen molar-refractivity contribution in [2.75, 3.05) is 32.2 Å². The molecule has 1 saturated carbocycles. The Hall–Kier alpha value is -3.53. The number of nitrogens with zero attached hydrogens (tertiary/aromatic N) is 1. The zero-order valence-electron chi connectivity index (χ0n) is 23.3. The predicted molar refractivity (Wildman–Crippen MR) is 144 cm³/mol. The van der Waals surface area contributed by atoms with E-state index in [1.807, 2.05) is 13.0 Å². The summed E-state index contributed by atoms with van der Waals surface area (Å²) in [6.45, 7) is 6.04. The minimum Gasteiger partial charge on any atom is -0.494 e. The number of carboxylic acids is 1. The molecule has 2 aromatic carbocycles. The number of fused-ring (bicyclic) bond motifs is 1. The highest BCUT2D eigenvalue weighted by Gasteiger charge is 2.43. The first-order valence-corrected chi connectivity index (χ1v) is 13.5. The van der Waals surface area contributed by atoms with Crippen LogP contribution in [0.3, 0.4) is 0 Å². The van der Waals surface area contributed by atoms with Crippen molar-refractivity contribution in [1.82, 2.24) is 4.90 Å². The molecular formula is C30H36F2N2O6. The van der Waals surface area contributed by atoms with Gasteiger partial charge in [0.15, 0.2) is 0 Å². The Bertz CT molecular complexity index is 1270. The van der Waals surface area contributed by atoms with Gasteiger partial charge in [0.1, 0.15) is 23.4 Å². The highest BCUT2D eigenvalue weighted by molar-refractivity contribution is 5.99. The van der Waals surface area contributed by atoms with E-state index < -0.39 is 35.0 Å². The number of aliphatic carboxylic acids is 1. The molecule has 2 aromatic rings. The topological polar surface area (TPSA) is 105 Å². The van der Waals surface area contributed by atoms with Gasteiger partial charge in [-0.25, -0.2) is 8.78 Å². The molecular weight excluding hydrogens is 522 g/mol. The first kappa shape index (κ1) is 29.5. The van der Waals surface area contributed by atoms with Crippen LogP contribution in [-0.4, -0.2) is 54.7 Å². The van der Waals surface area contributed by atoms with Crippen LogP contribution in [0.5, 0.6) is 5.75 Å². The number of anilines is 1. The maximum absolute atomic E-state index is 15.1. The molecule has 216 valence electrons. The van der Waals surface area contributed by atoms with Crippen LogP contribution in [0.15, 0.2) is 30.3 Å². The van der Waals surface area contributed by atoms with Crippen LogP contribution in [0.2, 0.25) is 0 Å². The molecule has 1 aliphatic carbocycles. The Kier molecular flexibility index (Phi) is 8.77. The van der Waals surface area contributed by atoms with Crippen LogP contribution in [0.1, 0.15) is 62.8 Å². The molecule has 0 saturated heterocycles. The Morgan fingerprint density at radius 1 is 1.12 bits per heavy atom. The molecule has 0 bridgehead atoms. The van der Waals surface area contributed by atoms with Crippen molar-refractivity contribution in [3.05, 3.63) is 58.7 Å². The van der Waals surface area contributed by atoms with Gasteiger partial charge >= 0.3 is 5.97 Å². The number of amides is 2. The lowest BCUT2D eigenvalue weighted by atomic mass is 9.72. The number of benzene rings is 2. The van der Waals surface area contributed by atoms with Crippen LogP contribution < -0.4 is 10.1 Å². The van der Waals surface area contributed by atoms with Crippen LogP contribution in [0.4, 0.5) is 14.5 Å². The number of carbonyl (C=O) groups excluding carboxylic acids is 2. The Morgan fingerprint density at radius 2 is 1.80 bits per heavy atom. The van der Waals surface area contributed by atoms with Crippen molar-refractivity contribution in [2.24, 2.45) is 11.8 Å². The number of methoxy groups -OCH3 is 1. The third kappa shape index (κ3) is 6.11. The number of hydrogen-bond acceptors (Lipinski definition) is 5. The minimum atomic E-state index is -1.03. The van der Waals surface area contributed by atoms with E-state index in [-0.39, 0.29) is 48.6 Å². The van der Waals surface area contributed by atoms with Crippen molar-refractivity contribution >= 4 is 23.5 Å². The van der Waals surface area contributed by atoms with Crippen molar-refractivity contribution in [2.45, 2.75) is 57.9 Å². The maximum Gasteiger partial charge on any atom is 0.303 e. The summed E-state index contributed by atoms with van der Waals surface area (Å²) in [5.74, 6) is -3.14. The summed E-state index contributed by atoms with van der Waals surface area (Å²) >= 11 is 0. The van der Waals surface area contributed by atoms with Gasteiger partial charge in [0, 0.05) is 42.7 Å². The monoisotopic (exact) mass is 558 g/mol. The van der Waals surface area contributed by atoms with Crippen molar-refractivity contribution in [3.63, 3.8) is 0 Å². The van der Waals surface area contributed by atoms with Gasteiger partial charge in [-0.1, -0.05) is 19.9 Å². The normalized spacial score (nSPS) is 20.4. The molecule has 2 aliphatic rings. The summed E-state index contributed by atoms with van der Waals surface area (Å²) in [6, 6.07) is 6.44. The standard InChI is InChI=1S/C30H36F2N2O6/c1-5-40-21-6-7-22-18(13-21)8-9-34(29(38)19-10-17(11-19)12-25(35)36)27(22)28(37)33-20-14-23(31)26(24(32)15-20)30(2,3)16-39-4/h6-7,13-15,17,19,27H,5,8-12,16H2,1-4H3,(H,33,37)(H,35,36)/t17-,19-,27-/m1/s1. The fraction of sp³-hybridized carbons (Fsp3) is 0.500. The summed E-state index contributed by atoms with van der Waals surface area (Å²) < 4.78 is 40.9. The number of carbonyl (C=O) groups is 3. The molecule has 4 rings (SSSR count). The van der Waals surface area contributed by atoms with Crippen LogP contribution in [0.25, 0.3) is 0 Å². The van der Waals surface area contributed by atoms with E-state index >= 15 is 8.78 Å². The molecule has 1 atom stereocenters. The fourth-order valence-electron chi connectivity index (χ4n) is 5.90. The molecule has 1 aliphatic heterocycles. The van der Waals surface area contributed by atoms with Crippen LogP contribution in [0, 0.1) is 23.5 Å². The minimum absolute atomic E-state index is 0.00500. The molecule has 1 heterocycles. The van der Waals surface area contributed by atoms with Gasteiger partial charge in [-0.3, -0.25) is 14.4 Å². The zero-order valence-corrected chi connectivity index (χ0v) is 23.3. The van der Waals surface area contributed by atoms with E-state index in [0.29, 0.717) is 37.2 Å². The second-order valence-electron chi connectivity index (χ2n) is 11.2. The van der Waals surface area contributed by atoms with Crippen LogP contribution in [-0.2, 0) is 31.0 Å². The lowest BCUT2D eigenvalue weighted by molar-refractivity contribution is -0.149. The molecule has 0 aromatic heterocycles. The molecule has 0 unspecified atom stereocenters. The molecule has 2 amide bonds. The van der Waals surface area contributed by atoms with E-state index in [1.165, 1.54) is 12.0 Å². The van der Waals surface area contributed by atoms with Gasteiger partial charge in [0.2, 0.25) is 5.91 Å². The van der Waals surface area contributed by atoms with E-state index in [9.17, 15) is 14.4 Å². The van der Waals surface area contributed by atoms with Gasteiger partial charge in [-0.15, -0.1) is 0 Å². The predicted octanol–water partition coefficient (Wildman–Crippen LogP) is 4.85. The van der Waals surface area contributed by atoms with Gasteiger partial charge in [-0.2, -0.15) is 0 Å². The Labute approximate surface area is 232 Å². The molecule has 10 heteroatoms. The fourth-order valence-corrected chi connectivity index (χ4v) is 5.90. The summed E-state index contributed by atoms with van der Waals surface area (Å²) in [6.07, 6.45) is 1.40. The van der Waals surface area contributed by atoms with Crippen LogP contribution >= 0.6 is 0 Å². The lowest BCUT2D eigenvalue weighted by Gasteiger charge is -2.42.